The zero-order valence-corrected chi connectivity index (χ0v) is 15.7. The Morgan fingerprint density at radius 3 is 2.18 bits per heavy atom. The molecule has 3 rings (SSSR count). The number of hydrogen-bond acceptors (Lipinski definition) is 5. The molecule has 5 nitrogen and oxygen atoms in total. The van der Waals surface area contributed by atoms with Gasteiger partial charge in [0.25, 0.3) is 0 Å². The van der Waals surface area contributed by atoms with Gasteiger partial charge in [-0.1, -0.05) is 16.8 Å². The first-order valence-electron chi connectivity index (χ1n) is 7.85. The van der Waals surface area contributed by atoms with E-state index in [0.29, 0.717) is 17.9 Å². The van der Waals surface area contributed by atoms with Crippen molar-refractivity contribution in [1.29, 1.82) is 0 Å². The summed E-state index contributed by atoms with van der Waals surface area (Å²) in [5.41, 5.74) is -2.07. The Morgan fingerprint density at radius 1 is 0.964 bits per heavy atom. The minimum Gasteiger partial charge on any atom is -0.497 e. The number of hydrogen-bond donors (Lipinski definition) is 0. The molecular formula is C19H13ClF3NO4. The van der Waals surface area contributed by atoms with Crippen molar-refractivity contribution < 1.29 is 27.2 Å². The summed E-state index contributed by atoms with van der Waals surface area (Å²) < 4.78 is 57.3. The molecule has 0 aliphatic heterocycles. The van der Waals surface area contributed by atoms with Gasteiger partial charge < -0.3 is 14.0 Å². The lowest BCUT2D eigenvalue weighted by Gasteiger charge is -2.16. The lowest BCUT2D eigenvalue weighted by atomic mass is 9.94. The Labute approximate surface area is 162 Å². The van der Waals surface area contributed by atoms with Crippen LogP contribution in [0.4, 0.5) is 13.2 Å². The van der Waals surface area contributed by atoms with E-state index in [9.17, 15) is 18.0 Å². The Morgan fingerprint density at radius 2 is 1.61 bits per heavy atom. The Balaban J connectivity index is 2.47. The molecule has 0 saturated heterocycles. The third-order valence-corrected chi connectivity index (χ3v) is 4.47. The Hall–Kier alpha value is -3.00. The first-order chi connectivity index (χ1) is 13.3. The van der Waals surface area contributed by atoms with E-state index in [1.807, 2.05) is 0 Å². The molecule has 1 aromatic heterocycles. The highest BCUT2D eigenvalue weighted by atomic mass is 35.5. The maximum Gasteiger partial charge on any atom is 0.367 e. The molecule has 3 aromatic rings. The van der Waals surface area contributed by atoms with Gasteiger partial charge in [-0.25, -0.2) is 18.0 Å². The molecule has 0 aliphatic rings. The normalized spacial score (nSPS) is 10.8. The number of rotatable bonds is 4. The second-order valence-corrected chi connectivity index (χ2v) is 6.12. The van der Waals surface area contributed by atoms with Crippen molar-refractivity contribution >= 4 is 11.6 Å². The Kier molecular flexibility index (Phi) is 5.33. The molecule has 0 N–H and O–H groups in total. The van der Waals surface area contributed by atoms with Gasteiger partial charge in [-0.05, 0) is 13.0 Å². The molecule has 0 spiro atoms. The quantitative estimate of drug-likeness (QED) is 0.619. The molecule has 9 heteroatoms. The van der Waals surface area contributed by atoms with E-state index in [-0.39, 0.29) is 27.6 Å². The van der Waals surface area contributed by atoms with Crippen LogP contribution in [0.2, 0.25) is 5.02 Å². The molecule has 0 unspecified atom stereocenters. The van der Waals surface area contributed by atoms with Crippen molar-refractivity contribution in [3.8, 4) is 33.8 Å². The molecule has 0 fully saturated rings. The van der Waals surface area contributed by atoms with Gasteiger partial charge >= 0.3 is 5.63 Å². The molecule has 0 amide bonds. The van der Waals surface area contributed by atoms with Gasteiger partial charge in [-0.3, -0.25) is 0 Å². The monoisotopic (exact) mass is 411 g/mol. The first kappa shape index (κ1) is 19.8. The molecule has 0 atom stereocenters. The Bertz CT molecular complexity index is 1110. The summed E-state index contributed by atoms with van der Waals surface area (Å²) in [4.78, 5) is 12.4. The van der Waals surface area contributed by atoms with Gasteiger partial charge in [0.2, 0.25) is 0 Å². The van der Waals surface area contributed by atoms with Crippen LogP contribution in [0.1, 0.15) is 5.69 Å². The highest BCUT2D eigenvalue weighted by Gasteiger charge is 2.26. The second kappa shape index (κ2) is 7.55. The summed E-state index contributed by atoms with van der Waals surface area (Å²) in [5.74, 6) is -3.16. The number of halogens is 4. The van der Waals surface area contributed by atoms with Crippen molar-refractivity contribution in [2.75, 3.05) is 14.2 Å². The van der Waals surface area contributed by atoms with Crippen molar-refractivity contribution in [1.82, 2.24) is 5.16 Å². The minimum absolute atomic E-state index is 0.00265. The van der Waals surface area contributed by atoms with E-state index in [4.69, 9.17) is 21.1 Å². The van der Waals surface area contributed by atoms with Crippen molar-refractivity contribution in [3.63, 3.8) is 0 Å². The van der Waals surface area contributed by atoms with Crippen molar-refractivity contribution in [2.24, 2.45) is 0 Å². The lowest BCUT2D eigenvalue weighted by Crippen LogP contribution is -2.11. The number of aromatic nitrogens is 1. The SMILES string of the molecule is COc1cc(OC)c(Cl)c(-c2c(C)noc(=O)c2-c2c(F)cc(F)cc2F)c1. The molecule has 146 valence electrons. The third-order valence-electron chi connectivity index (χ3n) is 4.08. The summed E-state index contributed by atoms with van der Waals surface area (Å²) in [6, 6.07) is 3.88. The van der Waals surface area contributed by atoms with Gasteiger partial charge in [0.15, 0.2) is 0 Å². The largest absolute Gasteiger partial charge is 0.497 e. The van der Waals surface area contributed by atoms with Crippen LogP contribution < -0.4 is 15.1 Å². The summed E-state index contributed by atoms with van der Waals surface area (Å²) in [7, 11) is 2.77. The van der Waals surface area contributed by atoms with E-state index in [0.717, 1.165) is 0 Å². The van der Waals surface area contributed by atoms with Gasteiger partial charge in [0.05, 0.1) is 36.1 Å². The fraction of sp³-hybridized carbons (Fsp3) is 0.158. The van der Waals surface area contributed by atoms with Gasteiger partial charge in [0.1, 0.15) is 29.0 Å². The van der Waals surface area contributed by atoms with Crippen LogP contribution in [0.25, 0.3) is 22.3 Å². The van der Waals surface area contributed by atoms with Crippen molar-refractivity contribution in [2.45, 2.75) is 6.92 Å². The maximum atomic E-state index is 14.4. The maximum absolute atomic E-state index is 14.4. The lowest BCUT2D eigenvalue weighted by molar-refractivity contribution is 0.365. The van der Waals surface area contributed by atoms with E-state index in [2.05, 4.69) is 9.68 Å². The number of aryl methyl sites for hydroxylation is 1. The average Bonchev–Trinajstić information content (AvgIpc) is 2.64. The molecule has 28 heavy (non-hydrogen) atoms. The number of nitrogens with zero attached hydrogens (tertiary/aromatic N) is 1. The first-order valence-corrected chi connectivity index (χ1v) is 8.23. The predicted octanol–water partition coefficient (Wildman–Crippen LogP) is 4.77. The van der Waals surface area contributed by atoms with Crippen LogP contribution in [0, 0.1) is 24.4 Å². The fourth-order valence-corrected chi connectivity index (χ4v) is 3.12. The van der Waals surface area contributed by atoms with E-state index < -0.39 is 34.2 Å². The molecule has 2 aromatic carbocycles. The topological polar surface area (TPSA) is 61.6 Å². The summed E-state index contributed by atoms with van der Waals surface area (Å²) in [6.07, 6.45) is 0. The van der Waals surface area contributed by atoms with Crippen LogP contribution >= 0.6 is 11.6 Å². The summed E-state index contributed by atoms with van der Waals surface area (Å²) >= 11 is 6.37. The molecule has 0 bridgehead atoms. The zero-order valence-electron chi connectivity index (χ0n) is 14.9. The third kappa shape index (κ3) is 3.31. The van der Waals surface area contributed by atoms with Crippen LogP contribution in [-0.2, 0) is 0 Å². The zero-order chi connectivity index (χ0) is 20.6. The number of methoxy groups -OCH3 is 2. The van der Waals surface area contributed by atoms with Crippen LogP contribution in [0.5, 0.6) is 11.5 Å². The average molecular weight is 412 g/mol. The summed E-state index contributed by atoms with van der Waals surface area (Å²) in [5, 5.41) is 3.68. The fourth-order valence-electron chi connectivity index (χ4n) is 2.84. The van der Waals surface area contributed by atoms with E-state index >= 15 is 0 Å². The highest BCUT2D eigenvalue weighted by Crippen LogP contribution is 2.43. The van der Waals surface area contributed by atoms with Crippen LogP contribution in [0.15, 0.2) is 33.6 Å². The molecule has 0 saturated carbocycles. The standard InChI is InChI=1S/C19H13ClF3NO4/c1-8-15(11-6-10(26-2)7-14(27-3)18(11)20)17(19(25)28-24-8)16-12(22)4-9(21)5-13(16)23/h4-7H,1-3H3. The number of ether oxygens (including phenoxy) is 2. The van der Waals surface area contributed by atoms with E-state index in [1.54, 1.807) is 0 Å². The second-order valence-electron chi connectivity index (χ2n) is 5.74. The molecular weight excluding hydrogens is 399 g/mol. The highest BCUT2D eigenvalue weighted by molar-refractivity contribution is 6.35. The summed E-state index contributed by atoms with van der Waals surface area (Å²) in [6.45, 7) is 1.46. The number of benzene rings is 2. The predicted molar refractivity (Wildman–Crippen MR) is 96.4 cm³/mol. The molecule has 0 radical (unpaired) electrons. The molecule has 1 heterocycles. The minimum atomic E-state index is -1.28. The smallest absolute Gasteiger partial charge is 0.367 e. The van der Waals surface area contributed by atoms with Crippen molar-refractivity contribution in [3.05, 3.63) is 62.9 Å². The van der Waals surface area contributed by atoms with Crippen LogP contribution in [-0.4, -0.2) is 19.4 Å². The molecule has 0 aliphatic carbocycles. The van der Waals surface area contributed by atoms with Gasteiger partial charge in [0, 0.05) is 29.3 Å². The van der Waals surface area contributed by atoms with E-state index in [1.165, 1.54) is 33.3 Å². The van der Waals surface area contributed by atoms with Crippen LogP contribution in [0.3, 0.4) is 0 Å². The van der Waals surface area contributed by atoms with Gasteiger partial charge in [-0.2, -0.15) is 0 Å². The van der Waals surface area contributed by atoms with Gasteiger partial charge in [-0.15, -0.1) is 0 Å².